The number of nitrogens with zero attached hydrogens (tertiary/aromatic N) is 2. The quantitative estimate of drug-likeness (QED) is 0.943. The summed E-state index contributed by atoms with van der Waals surface area (Å²) in [6.45, 7) is 2.45. The number of hydrogen-bond acceptors (Lipinski definition) is 3. The van der Waals surface area contributed by atoms with E-state index in [1.54, 1.807) is 36.7 Å². The normalized spacial score (nSPS) is 17.5. The number of benzene rings is 1. The fraction of sp³-hybridized carbons (Fsp3) is 0.294. The van der Waals surface area contributed by atoms with Gasteiger partial charge in [0.1, 0.15) is 5.82 Å². The van der Waals surface area contributed by atoms with Gasteiger partial charge in [0.15, 0.2) is 0 Å². The lowest BCUT2D eigenvalue weighted by atomic mass is 10.1. The molecule has 4 nitrogen and oxygen atoms in total. The molecular formula is C17H18FN3O. The second-order valence-corrected chi connectivity index (χ2v) is 5.53. The molecule has 1 unspecified atom stereocenters. The topological polar surface area (TPSA) is 45.2 Å². The number of carbonyl (C=O) groups is 1. The highest BCUT2D eigenvalue weighted by atomic mass is 19.1. The minimum Gasteiger partial charge on any atom is -0.371 e. The molecule has 1 aromatic carbocycles. The van der Waals surface area contributed by atoms with Crippen LogP contribution in [0.15, 0.2) is 48.8 Å². The van der Waals surface area contributed by atoms with Crippen molar-refractivity contribution < 1.29 is 9.18 Å². The van der Waals surface area contributed by atoms with Crippen LogP contribution in [0.3, 0.4) is 0 Å². The zero-order valence-electron chi connectivity index (χ0n) is 12.2. The second-order valence-electron chi connectivity index (χ2n) is 5.53. The van der Waals surface area contributed by atoms with E-state index in [0.29, 0.717) is 18.0 Å². The summed E-state index contributed by atoms with van der Waals surface area (Å²) in [5, 5.41) is 2.96. The number of pyridine rings is 1. The number of aromatic nitrogens is 1. The minimum atomic E-state index is -0.219. The van der Waals surface area contributed by atoms with Gasteiger partial charge >= 0.3 is 0 Å². The van der Waals surface area contributed by atoms with Crippen molar-refractivity contribution >= 4 is 11.6 Å². The maximum Gasteiger partial charge on any atom is 0.252 e. The number of hydrogen-bond donors (Lipinski definition) is 1. The van der Waals surface area contributed by atoms with Gasteiger partial charge < -0.3 is 10.2 Å². The van der Waals surface area contributed by atoms with E-state index < -0.39 is 0 Å². The molecule has 0 radical (unpaired) electrons. The summed E-state index contributed by atoms with van der Waals surface area (Å²) < 4.78 is 13.0. The van der Waals surface area contributed by atoms with Crippen LogP contribution >= 0.6 is 0 Å². The van der Waals surface area contributed by atoms with Gasteiger partial charge in [0.25, 0.3) is 5.91 Å². The van der Waals surface area contributed by atoms with Gasteiger partial charge in [0, 0.05) is 37.7 Å². The van der Waals surface area contributed by atoms with Crippen molar-refractivity contribution in [2.24, 2.45) is 5.92 Å². The van der Waals surface area contributed by atoms with E-state index in [0.717, 1.165) is 25.2 Å². The number of anilines is 1. The van der Waals surface area contributed by atoms with Crippen LogP contribution in [-0.2, 0) is 0 Å². The fourth-order valence-corrected chi connectivity index (χ4v) is 2.72. The zero-order chi connectivity index (χ0) is 15.4. The summed E-state index contributed by atoms with van der Waals surface area (Å²) in [5.74, 6) is 0.0993. The average molecular weight is 299 g/mol. The highest BCUT2D eigenvalue weighted by Gasteiger charge is 2.23. The van der Waals surface area contributed by atoms with E-state index in [1.807, 2.05) is 0 Å². The van der Waals surface area contributed by atoms with Gasteiger partial charge in [-0.05, 0) is 48.7 Å². The smallest absolute Gasteiger partial charge is 0.252 e. The number of amides is 1. The molecule has 0 saturated carbocycles. The molecule has 2 heterocycles. The molecule has 2 aromatic rings. The Morgan fingerprint density at radius 1 is 1.32 bits per heavy atom. The van der Waals surface area contributed by atoms with Gasteiger partial charge in [-0.3, -0.25) is 9.78 Å². The summed E-state index contributed by atoms with van der Waals surface area (Å²) in [5.41, 5.74) is 1.61. The third kappa shape index (κ3) is 3.42. The summed E-state index contributed by atoms with van der Waals surface area (Å²) in [6.07, 6.45) is 4.23. The zero-order valence-corrected chi connectivity index (χ0v) is 12.2. The van der Waals surface area contributed by atoms with E-state index >= 15 is 0 Å². The lowest BCUT2D eigenvalue weighted by Crippen LogP contribution is -2.31. The Hall–Kier alpha value is -2.43. The van der Waals surface area contributed by atoms with Crippen molar-refractivity contribution in [3.8, 4) is 0 Å². The molecule has 0 bridgehead atoms. The lowest BCUT2D eigenvalue weighted by Gasteiger charge is -2.18. The van der Waals surface area contributed by atoms with Crippen molar-refractivity contribution in [1.29, 1.82) is 0 Å². The number of nitrogens with one attached hydrogen (secondary N) is 1. The maximum atomic E-state index is 13.0. The Bertz CT molecular complexity index is 630. The molecule has 1 atom stereocenters. The highest BCUT2D eigenvalue weighted by molar-refractivity contribution is 5.93. The number of halogens is 1. The van der Waals surface area contributed by atoms with E-state index in [1.165, 1.54) is 12.1 Å². The van der Waals surface area contributed by atoms with Crippen LogP contribution in [0.2, 0.25) is 0 Å². The molecule has 1 aliphatic heterocycles. The molecule has 1 N–H and O–H groups in total. The first-order valence-electron chi connectivity index (χ1n) is 7.41. The molecule has 114 valence electrons. The second kappa shape index (κ2) is 6.56. The van der Waals surface area contributed by atoms with Crippen molar-refractivity contribution in [2.45, 2.75) is 6.42 Å². The average Bonchev–Trinajstić information content (AvgIpc) is 3.03. The SMILES string of the molecule is O=C(NCC1CCN(c2ccc(F)cc2)C1)c1cccnc1. The van der Waals surface area contributed by atoms with Crippen LogP contribution < -0.4 is 10.2 Å². The first kappa shape index (κ1) is 14.5. The van der Waals surface area contributed by atoms with Crippen LogP contribution in [0.1, 0.15) is 16.8 Å². The molecule has 1 aliphatic rings. The number of rotatable bonds is 4. The third-order valence-electron chi connectivity index (χ3n) is 3.95. The molecular weight excluding hydrogens is 281 g/mol. The first-order valence-corrected chi connectivity index (χ1v) is 7.41. The van der Waals surface area contributed by atoms with E-state index in [-0.39, 0.29) is 11.7 Å². The Kier molecular flexibility index (Phi) is 4.32. The largest absolute Gasteiger partial charge is 0.371 e. The monoisotopic (exact) mass is 299 g/mol. The molecule has 3 rings (SSSR count). The van der Waals surface area contributed by atoms with E-state index in [9.17, 15) is 9.18 Å². The van der Waals surface area contributed by atoms with Crippen LogP contribution in [0.5, 0.6) is 0 Å². The molecule has 5 heteroatoms. The van der Waals surface area contributed by atoms with Gasteiger partial charge in [-0.2, -0.15) is 0 Å². The predicted octanol–water partition coefficient (Wildman–Crippen LogP) is 2.48. The molecule has 1 aromatic heterocycles. The summed E-state index contributed by atoms with van der Waals surface area (Å²) in [6, 6.07) is 10.1. The summed E-state index contributed by atoms with van der Waals surface area (Å²) in [7, 11) is 0. The Balaban J connectivity index is 1.51. The van der Waals surface area contributed by atoms with Crippen LogP contribution in [0.4, 0.5) is 10.1 Å². The summed E-state index contributed by atoms with van der Waals surface area (Å²) in [4.78, 5) is 18.2. The van der Waals surface area contributed by atoms with Crippen molar-refractivity contribution in [2.75, 3.05) is 24.5 Å². The molecule has 1 saturated heterocycles. The van der Waals surface area contributed by atoms with Crippen LogP contribution in [-0.4, -0.2) is 30.5 Å². The molecule has 1 fully saturated rings. The van der Waals surface area contributed by atoms with E-state index in [4.69, 9.17) is 0 Å². The lowest BCUT2D eigenvalue weighted by molar-refractivity contribution is 0.0948. The standard InChI is InChI=1S/C17H18FN3O/c18-15-3-5-16(6-4-15)21-9-7-13(12-21)10-20-17(22)14-2-1-8-19-11-14/h1-6,8,11,13H,7,9-10,12H2,(H,20,22). The Morgan fingerprint density at radius 3 is 2.86 bits per heavy atom. The van der Waals surface area contributed by atoms with Gasteiger partial charge in [-0.1, -0.05) is 0 Å². The van der Waals surface area contributed by atoms with E-state index in [2.05, 4.69) is 15.2 Å². The Morgan fingerprint density at radius 2 is 2.14 bits per heavy atom. The van der Waals surface area contributed by atoms with Gasteiger partial charge in [0.05, 0.1) is 5.56 Å². The van der Waals surface area contributed by atoms with Crippen LogP contribution in [0, 0.1) is 11.7 Å². The van der Waals surface area contributed by atoms with Crippen molar-refractivity contribution in [1.82, 2.24) is 10.3 Å². The van der Waals surface area contributed by atoms with Crippen molar-refractivity contribution in [3.63, 3.8) is 0 Å². The molecule has 0 spiro atoms. The molecule has 0 aliphatic carbocycles. The number of carbonyl (C=O) groups excluding carboxylic acids is 1. The fourth-order valence-electron chi connectivity index (χ4n) is 2.72. The van der Waals surface area contributed by atoms with Crippen LogP contribution in [0.25, 0.3) is 0 Å². The van der Waals surface area contributed by atoms with Gasteiger partial charge in [0.2, 0.25) is 0 Å². The minimum absolute atomic E-state index is 0.0895. The van der Waals surface area contributed by atoms with Gasteiger partial charge in [-0.25, -0.2) is 4.39 Å². The third-order valence-corrected chi connectivity index (χ3v) is 3.95. The molecule has 1 amide bonds. The van der Waals surface area contributed by atoms with Gasteiger partial charge in [-0.15, -0.1) is 0 Å². The predicted molar refractivity (Wildman–Crippen MR) is 83.3 cm³/mol. The molecule has 22 heavy (non-hydrogen) atoms. The Labute approximate surface area is 129 Å². The maximum absolute atomic E-state index is 13.0. The first-order chi connectivity index (χ1) is 10.7. The van der Waals surface area contributed by atoms with Crippen molar-refractivity contribution in [3.05, 3.63) is 60.2 Å². The highest BCUT2D eigenvalue weighted by Crippen LogP contribution is 2.23. The summed E-state index contributed by atoms with van der Waals surface area (Å²) >= 11 is 0.